The lowest BCUT2D eigenvalue weighted by atomic mass is 10.3. The normalized spacial score (nSPS) is 21.8. The Morgan fingerprint density at radius 2 is 2.46 bits per heavy atom. The van der Waals surface area contributed by atoms with Crippen LogP contribution in [0.1, 0.15) is 6.42 Å². The first-order valence-corrected chi connectivity index (χ1v) is 5.36. The summed E-state index contributed by atoms with van der Waals surface area (Å²) in [5, 5.41) is 0. The molecule has 2 heterocycles. The molecule has 0 radical (unpaired) electrons. The molecule has 1 aromatic rings. The van der Waals surface area contributed by atoms with E-state index >= 15 is 0 Å². The van der Waals surface area contributed by atoms with Crippen molar-refractivity contribution in [2.45, 2.75) is 12.5 Å². The number of hydrogen-bond donors (Lipinski definition) is 0. The Balaban J connectivity index is 1.97. The van der Waals surface area contributed by atoms with Crippen LogP contribution in [0, 0.1) is 5.82 Å². The fourth-order valence-corrected chi connectivity index (χ4v) is 2.30. The Hall–Kier alpha value is -0.770. The van der Waals surface area contributed by atoms with Gasteiger partial charge in [-0.2, -0.15) is 11.8 Å². The number of aromatic nitrogens is 1. The molecule has 70 valence electrons. The molecule has 0 saturated carbocycles. The van der Waals surface area contributed by atoms with Gasteiger partial charge in [0.05, 0.1) is 6.20 Å². The number of pyridine rings is 1. The van der Waals surface area contributed by atoms with Crippen molar-refractivity contribution in [1.82, 2.24) is 4.98 Å². The Kier molecular flexibility index (Phi) is 2.68. The third-order valence-electron chi connectivity index (χ3n) is 1.88. The molecule has 1 saturated heterocycles. The van der Waals surface area contributed by atoms with E-state index in [2.05, 4.69) is 4.98 Å². The van der Waals surface area contributed by atoms with Gasteiger partial charge in [-0.15, -0.1) is 0 Å². The minimum atomic E-state index is -0.326. The summed E-state index contributed by atoms with van der Waals surface area (Å²) in [6.45, 7) is 0. The first-order valence-electron chi connectivity index (χ1n) is 4.20. The van der Waals surface area contributed by atoms with Gasteiger partial charge >= 0.3 is 0 Å². The van der Waals surface area contributed by atoms with Crippen molar-refractivity contribution in [2.75, 3.05) is 11.5 Å². The molecule has 13 heavy (non-hydrogen) atoms. The highest BCUT2D eigenvalue weighted by Crippen LogP contribution is 2.21. The second kappa shape index (κ2) is 3.96. The largest absolute Gasteiger partial charge is 0.473 e. The van der Waals surface area contributed by atoms with Gasteiger partial charge in [-0.05, 0) is 18.2 Å². The van der Waals surface area contributed by atoms with Crippen LogP contribution in [0.25, 0.3) is 0 Å². The van der Waals surface area contributed by atoms with Crippen molar-refractivity contribution in [3.63, 3.8) is 0 Å². The summed E-state index contributed by atoms with van der Waals surface area (Å²) in [5.41, 5.74) is 0. The molecule has 0 spiro atoms. The maximum absolute atomic E-state index is 12.5. The predicted molar refractivity (Wildman–Crippen MR) is 50.6 cm³/mol. The second-order valence-electron chi connectivity index (χ2n) is 2.92. The van der Waals surface area contributed by atoms with E-state index in [1.54, 1.807) is 6.07 Å². The van der Waals surface area contributed by atoms with Crippen LogP contribution in [0.4, 0.5) is 4.39 Å². The van der Waals surface area contributed by atoms with E-state index in [4.69, 9.17) is 4.74 Å². The lowest BCUT2D eigenvalue weighted by Gasteiger charge is -2.10. The third kappa shape index (κ3) is 2.34. The monoisotopic (exact) mass is 199 g/mol. The topological polar surface area (TPSA) is 22.1 Å². The van der Waals surface area contributed by atoms with Crippen LogP contribution in [-0.4, -0.2) is 22.6 Å². The fourth-order valence-electron chi connectivity index (χ4n) is 1.21. The molecule has 1 unspecified atom stereocenters. The van der Waals surface area contributed by atoms with Crippen LogP contribution in [0.15, 0.2) is 18.3 Å². The summed E-state index contributed by atoms with van der Waals surface area (Å²) in [6, 6.07) is 2.93. The molecule has 1 aliphatic rings. The molecule has 4 heteroatoms. The minimum Gasteiger partial charge on any atom is -0.473 e. The Morgan fingerprint density at radius 3 is 3.08 bits per heavy atom. The molecule has 2 rings (SSSR count). The zero-order chi connectivity index (χ0) is 9.10. The smallest absolute Gasteiger partial charge is 0.213 e. The zero-order valence-corrected chi connectivity index (χ0v) is 7.89. The summed E-state index contributed by atoms with van der Waals surface area (Å²) in [5.74, 6) is 2.35. The van der Waals surface area contributed by atoms with Crippen LogP contribution in [0.5, 0.6) is 5.88 Å². The zero-order valence-electron chi connectivity index (χ0n) is 7.07. The van der Waals surface area contributed by atoms with Crippen molar-refractivity contribution in [1.29, 1.82) is 0 Å². The first-order chi connectivity index (χ1) is 6.34. The maximum Gasteiger partial charge on any atom is 0.213 e. The van der Waals surface area contributed by atoms with Crippen LogP contribution >= 0.6 is 11.8 Å². The van der Waals surface area contributed by atoms with Gasteiger partial charge in [0.1, 0.15) is 11.9 Å². The molecule has 0 amide bonds. The number of nitrogens with zero attached hydrogens (tertiary/aromatic N) is 1. The second-order valence-corrected chi connectivity index (χ2v) is 4.07. The minimum absolute atomic E-state index is 0.253. The van der Waals surface area contributed by atoms with Gasteiger partial charge < -0.3 is 4.74 Å². The van der Waals surface area contributed by atoms with Gasteiger partial charge in [-0.3, -0.25) is 0 Å². The van der Waals surface area contributed by atoms with Gasteiger partial charge in [0.25, 0.3) is 0 Å². The van der Waals surface area contributed by atoms with Gasteiger partial charge in [0, 0.05) is 11.8 Å². The lowest BCUT2D eigenvalue weighted by molar-refractivity contribution is 0.219. The molecule has 1 fully saturated rings. The van der Waals surface area contributed by atoms with Gasteiger partial charge in [-0.25, -0.2) is 9.37 Å². The fraction of sp³-hybridized carbons (Fsp3) is 0.444. The maximum atomic E-state index is 12.5. The van der Waals surface area contributed by atoms with Crippen LogP contribution < -0.4 is 4.74 Å². The average Bonchev–Trinajstić information content (AvgIpc) is 2.62. The van der Waals surface area contributed by atoms with Gasteiger partial charge in [0.15, 0.2) is 0 Å². The molecular formula is C9H10FNOS. The molecule has 1 aliphatic heterocycles. The molecule has 0 N–H and O–H groups in total. The van der Waals surface area contributed by atoms with E-state index in [-0.39, 0.29) is 11.9 Å². The van der Waals surface area contributed by atoms with Gasteiger partial charge in [0.2, 0.25) is 5.88 Å². The highest BCUT2D eigenvalue weighted by molar-refractivity contribution is 7.99. The van der Waals surface area contributed by atoms with Crippen LogP contribution in [-0.2, 0) is 0 Å². The van der Waals surface area contributed by atoms with E-state index in [1.165, 1.54) is 12.3 Å². The molecule has 1 aromatic heterocycles. The highest BCUT2D eigenvalue weighted by atomic mass is 32.2. The molecular weight excluding hydrogens is 189 g/mol. The SMILES string of the molecule is Fc1ccc(OC2CCSC2)nc1. The lowest BCUT2D eigenvalue weighted by Crippen LogP contribution is -2.15. The summed E-state index contributed by atoms with van der Waals surface area (Å²) in [7, 11) is 0. The molecule has 2 nitrogen and oxygen atoms in total. The number of halogens is 1. The number of ether oxygens (including phenoxy) is 1. The van der Waals surface area contributed by atoms with Gasteiger partial charge in [-0.1, -0.05) is 0 Å². The quantitative estimate of drug-likeness (QED) is 0.728. The van der Waals surface area contributed by atoms with E-state index in [9.17, 15) is 4.39 Å². The van der Waals surface area contributed by atoms with Crippen molar-refractivity contribution >= 4 is 11.8 Å². The number of rotatable bonds is 2. The number of thioether (sulfide) groups is 1. The third-order valence-corrected chi connectivity index (χ3v) is 3.01. The molecule has 0 bridgehead atoms. The highest BCUT2D eigenvalue weighted by Gasteiger charge is 2.17. The van der Waals surface area contributed by atoms with Crippen molar-refractivity contribution in [3.05, 3.63) is 24.1 Å². The van der Waals surface area contributed by atoms with E-state index in [1.807, 2.05) is 11.8 Å². The standard InChI is InChI=1S/C9H10FNOS/c10-7-1-2-9(11-5-7)12-8-3-4-13-6-8/h1-2,5,8H,3-4,6H2. The Morgan fingerprint density at radius 1 is 1.54 bits per heavy atom. The summed E-state index contributed by atoms with van der Waals surface area (Å²) in [4.78, 5) is 3.84. The van der Waals surface area contributed by atoms with E-state index in [0.717, 1.165) is 17.9 Å². The van der Waals surface area contributed by atoms with E-state index < -0.39 is 0 Å². The Bertz CT molecular complexity index is 271. The molecule has 0 aliphatic carbocycles. The first kappa shape index (κ1) is 8.81. The van der Waals surface area contributed by atoms with Crippen LogP contribution in [0.3, 0.4) is 0 Å². The molecule has 1 atom stereocenters. The van der Waals surface area contributed by atoms with Crippen LogP contribution in [0.2, 0.25) is 0 Å². The van der Waals surface area contributed by atoms with Crippen molar-refractivity contribution < 1.29 is 9.13 Å². The van der Waals surface area contributed by atoms with Crippen molar-refractivity contribution in [3.8, 4) is 5.88 Å². The summed E-state index contributed by atoms with van der Waals surface area (Å²) >= 11 is 1.88. The van der Waals surface area contributed by atoms with E-state index in [0.29, 0.717) is 5.88 Å². The predicted octanol–water partition coefficient (Wildman–Crippen LogP) is 2.10. The number of hydrogen-bond acceptors (Lipinski definition) is 3. The summed E-state index contributed by atoms with van der Waals surface area (Å²) < 4.78 is 18.0. The Labute approximate surface area is 80.5 Å². The van der Waals surface area contributed by atoms with Crippen molar-refractivity contribution in [2.24, 2.45) is 0 Å². The molecule has 0 aromatic carbocycles. The average molecular weight is 199 g/mol. The summed E-state index contributed by atoms with van der Waals surface area (Å²) in [6.07, 6.45) is 2.49.